The summed E-state index contributed by atoms with van der Waals surface area (Å²) in [5.41, 5.74) is 2.98. The predicted molar refractivity (Wildman–Crippen MR) is 106 cm³/mol. The lowest BCUT2D eigenvalue weighted by Crippen LogP contribution is -1.99. The van der Waals surface area contributed by atoms with Gasteiger partial charge < -0.3 is 5.32 Å². The van der Waals surface area contributed by atoms with E-state index in [0.717, 1.165) is 33.5 Å². The molecule has 0 aliphatic heterocycles. The second-order valence-electron chi connectivity index (χ2n) is 5.66. The summed E-state index contributed by atoms with van der Waals surface area (Å²) in [5, 5.41) is 14.5. The summed E-state index contributed by atoms with van der Waals surface area (Å²) in [4.78, 5) is 1.24. The van der Waals surface area contributed by atoms with E-state index in [4.69, 9.17) is 0 Å². The Morgan fingerprint density at radius 3 is 2.12 bits per heavy atom. The third-order valence-corrected chi connectivity index (χ3v) is 4.83. The third-order valence-electron chi connectivity index (χ3n) is 4.09. The summed E-state index contributed by atoms with van der Waals surface area (Å²) in [7, 11) is 0. The van der Waals surface area contributed by atoms with E-state index in [1.807, 2.05) is 30.3 Å². The second-order valence-corrected chi connectivity index (χ2v) is 6.54. The number of hydrogen-bond donors (Lipinski definition) is 1. The van der Waals surface area contributed by atoms with Crippen LogP contribution < -0.4 is 5.32 Å². The quantitative estimate of drug-likeness (QED) is 0.478. The lowest BCUT2D eigenvalue weighted by Gasteiger charge is -2.11. The van der Waals surface area contributed by atoms with Crippen molar-refractivity contribution in [1.29, 1.82) is 0 Å². The highest BCUT2D eigenvalue weighted by atomic mass is 32.2. The fraction of sp³-hybridized carbons (Fsp3) is 0.0476. The van der Waals surface area contributed by atoms with E-state index in [9.17, 15) is 0 Å². The fourth-order valence-corrected chi connectivity index (χ4v) is 3.22. The molecule has 0 radical (unpaired) electrons. The van der Waals surface area contributed by atoms with E-state index in [1.54, 1.807) is 11.8 Å². The maximum atomic E-state index is 4.49. The molecule has 1 N–H and O–H groups in total. The molecule has 0 saturated heterocycles. The molecule has 0 aliphatic carbocycles. The molecule has 4 heteroatoms. The lowest BCUT2D eigenvalue weighted by atomic mass is 10.0. The number of nitrogens with zero attached hydrogens (tertiary/aromatic N) is 2. The minimum atomic E-state index is 0.771. The molecule has 25 heavy (non-hydrogen) atoms. The van der Waals surface area contributed by atoms with Gasteiger partial charge in [0.1, 0.15) is 5.69 Å². The Labute approximate surface area is 151 Å². The van der Waals surface area contributed by atoms with Crippen molar-refractivity contribution in [1.82, 2.24) is 10.2 Å². The summed E-state index contributed by atoms with van der Waals surface area (Å²) in [6, 6.07) is 26.7. The highest BCUT2D eigenvalue weighted by Gasteiger charge is 2.10. The third kappa shape index (κ3) is 3.21. The second kappa shape index (κ2) is 6.95. The maximum absolute atomic E-state index is 4.49. The van der Waals surface area contributed by atoms with Crippen LogP contribution in [0.3, 0.4) is 0 Å². The van der Waals surface area contributed by atoms with Crippen molar-refractivity contribution < 1.29 is 0 Å². The van der Waals surface area contributed by atoms with Gasteiger partial charge in [-0.25, -0.2) is 0 Å². The first-order chi connectivity index (χ1) is 12.3. The van der Waals surface area contributed by atoms with Crippen LogP contribution in [-0.2, 0) is 0 Å². The summed E-state index contributed by atoms with van der Waals surface area (Å²) < 4.78 is 0. The van der Waals surface area contributed by atoms with Crippen molar-refractivity contribution in [2.45, 2.75) is 4.90 Å². The number of benzene rings is 3. The number of aromatic nitrogens is 2. The molecular weight excluding hydrogens is 326 g/mol. The van der Waals surface area contributed by atoms with Gasteiger partial charge in [0.2, 0.25) is 0 Å². The van der Waals surface area contributed by atoms with Crippen molar-refractivity contribution in [2.75, 3.05) is 11.6 Å². The van der Waals surface area contributed by atoms with Crippen LogP contribution in [0.25, 0.3) is 22.0 Å². The molecule has 4 rings (SSSR count). The molecule has 0 spiro atoms. The van der Waals surface area contributed by atoms with Crippen LogP contribution in [0.1, 0.15) is 0 Å². The highest BCUT2D eigenvalue weighted by Crippen LogP contribution is 2.31. The van der Waals surface area contributed by atoms with Crippen molar-refractivity contribution in [3.8, 4) is 11.3 Å². The average Bonchev–Trinajstić information content (AvgIpc) is 2.69. The molecule has 0 bridgehead atoms. The Morgan fingerprint density at radius 2 is 1.40 bits per heavy atom. The average molecular weight is 343 g/mol. The van der Waals surface area contributed by atoms with Crippen LogP contribution in [0, 0.1) is 0 Å². The Morgan fingerprint density at radius 1 is 0.720 bits per heavy atom. The number of anilines is 2. The minimum Gasteiger partial charge on any atom is -0.338 e. The first-order valence-corrected chi connectivity index (χ1v) is 9.29. The maximum Gasteiger partial charge on any atom is 0.161 e. The predicted octanol–water partition coefficient (Wildman–Crippen LogP) is 5.76. The number of nitrogens with one attached hydrogen (secondary N) is 1. The Hall–Kier alpha value is -2.85. The summed E-state index contributed by atoms with van der Waals surface area (Å²) in [6.45, 7) is 0. The summed E-state index contributed by atoms with van der Waals surface area (Å²) in [6.07, 6.45) is 2.07. The van der Waals surface area contributed by atoms with Crippen molar-refractivity contribution >= 4 is 34.0 Å². The Bertz CT molecular complexity index is 998. The van der Waals surface area contributed by atoms with Crippen LogP contribution in [0.5, 0.6) is 0 Å². The van der Waals surface area contributed by atoms with Crippen LogP contribution in [0.15, 0.2) is 83.8 Å². The van der Waals surface area contributed by atoms with E-state index in [-0.39, 0.29) is 0 Å². The molecule has 0 saturated carbocycles. The van der Waals surface area contributed by atoms with Crippen molar-refractivity contribution in [2.24, 2.45) is 0 Å². The van der Waals surface area contributed by atoms with Gasteiger partial charge in [-0.15, -0.1) is 22.0 Å². The lowest BCUT2D eigenvalue weighted by molar-refractivity contribution is 1.06. The first kappa shape index (κ1) is 15.7. The largest absolute Gasteiger partial charge is 0.338 e. The van der Waals surface area contributed by atoms with Gasteiger partial charge in [-0.1, -0.05) is 54.6 Å². The molecule has 0 aliphatic rings. The van der Waals surface area contributed by atoms with Crippen molar-refractivity contribution in [3.05, 3.63) is 78.9 Å². The SMILES string of the molecule is CSc1ccc(Nc2nnc(-c3ccccc3)c3ccccc23)cc1. The van der Waals surface area contributed by atoms with Crippen molar-refractivity contribution in [3.63, 3.8) is 0 Å². The zero-order valence-electron chi connectivity index (χ0n) is 13.8. The standard InChI is InChI=1S/C21H17N3S/c1-25-17-13-11-16(12-14-17)22-21-19-10-6-5-9-18(19)20(23-24-21)15-7-3-2-4-8-15/h2-14H,1H3,(H,22,24). The van der Waals surface area contributed by atoms with Crippen LogP contribution in [-0.4, -0.2) is 16.5 Å². The van der Waals surface area contributed by atoms with Crippen LogP contribution in [0.2, 0.25) is 0 Å². The van der Waals surface area contributed by atoms with Gasteiger partial charge in [0, 0.05) is 26.9 Å². The molecule has 0 fully saturated rings. The normalized spacial score (nSPS) is 10.8. The highest BCUT2D eigenvalue weighted by molar-refractivity contribution is 7.98. The molecule has 0 atom stereocenters. The van der Waals surface area contributed by atoms with Gasteiger partial charge in [0.05, 0.1) is 0 Å². The first-order valence-electron chi connectivity index (χ1n) is 8.07. The van der Waals surface area contributed by atoms with E-state index in [2.05, 4.69) is 70.3 Å². The van der Waals surface area contributed by atoms with Gasteiger partial charge in [-0.3, -0.25) is 0 Å². The van der Waals surface area contributed by atoms with Gasteiger partial charge >= 0.3 is 0 Å². The fourth-order valence-electron chi connectivity index (χ4n) is 2.82. The van der Waals surface area contributed by atoms with Gasteiger partial charge in [0.25, 0.3) is 0 Å². The molecule has 0 unspecified atom stereocenters. The molecule has 1 aromatic heterocycles. The monoisotopic (exact) mass is 343 g/mol. The number of fused-ring (bicyclic) bond motifs is 1. The Balaban J connectivity index is 1.78. The van der Waals surface area contributed by atoms with Crippen LogP contribution in [0.4, 0.5) is 11.5 Å². The van der Waals surface area contributed by atoms with E-state index in [1.165, 1.54) is 4.90 Å². The topological polar surface area (TPSA) is 37.8 Å². The molecule has 122 valence electrons. The molecule has 3 nitrogen and oxygen atoms in total. The molecular formula is C21H17N3S. The Kier molecular flexibility index (Phi) is 4.36. The number of hydrogen-bond acceptors (Lipinski definition) is 4. The summed E-state index contributed by atoms with van der Waals surface area (Å²) in [5.74, 6) is 0.771. The molecule has 0 amide bonds. The van der Waals surface area contributed by atoms with Gasteiger partial charge in [-0.05, 0) is 30.5 Å². The number of thioether (sulfide) groups is 1. The van der Waals surface area contributed by atoms with Gasteiger partial charge in [-0.2, -0.15) is 0 Å². The zero-order valence-corrected chi connectivity index (χ0v) is 14.6. The zero-order chi connectivity index (χ0) is 17.1. The smallest absolute Gasteiger partial charge is 0.161 e. The molecule has 3 aromatic carbocycles. The minimum absolute atomic E-state index is 0.771. The van der Waals surface area contributed by atoms with Crippen LogP contribution >= 0.6 is 11.8 Å². The number of rotatable bonds is 4. The molecule has 1 heterocycles. The van der Waals surface area contributed by atoms with Gasteiger partial charge in [0.15, 0.2) is 5.82 Å². The summed E-state index contributed by atoms with van der Waals surface area (Å²) >= 11 is 1.73. The molecule has 4 aromatic rings. The van der Waals surface area contributed by atoms with E-state index < -0.39 is 0 Å². The van der Waals surface area contributed by atoms with E-state index >= 15 is 0 Å². The van der Waals surface area contributed by atoms with E-state index in [0.29, 0.717) is 0 Å².